The zero-order valence-electron chi connectivity index (χ0n) is 9.21. The molecule has 0 saturated heterocycles. The summed E-state index contributed by atoms with van der Waals surface area (Å²) in [6, 6.07) is 9.72. The highest BCUT2D eigenvalue weighted by atomic mass is 16.1. The third kappa shape index (κ3) is 1.44. The molecule has 0 amide bonds. The number of aromatic amines is 1. The Morgan fingerprint density at radius 3 is 2.71 bits per heavy atom. The largest absolute Gasteiger partial charge is 0.296 e. The zero-order valence-corrected chi connectivity index (χ0v) is 9.21. The van der Waals surface area contributed by atoms with Crippen LogP contribution in [0.25, 0.3) is 17.2 Å². The number of aryl methyl sites for hydroxylation is 1. The third-order valence-electron chi connectivity index (χ3n) is 2.67. The molecule has 1 N–H and O–H groups in total. The average molecular weight is 226 g/mol. The Hall–Kier alpha value is -2.43. The van der Waals surface area contributed by atoms with Crippen LogP contribution < -0.4 is 0 Å². The first kappa shape index (κ1) is 9.77. The molecule has 0 aliphatic rings. The van der Waals surface area contributed by atoms with Crippen molar-refractivity contribution >= 4 is 12.1 Å². The summed E-state index contributed by atoms with van der Waals surface area (Å²) in [7, 11) is 0. The molecule has 5 nitrogen and oxygen atoms in total. The molecule has 0 radical (unpaired) electrons. The number of imidazole rings is 1. The fourth-order valence-corrected chi connectivity index (χ4v) is 1.81. The molecule has 0 unspecified atom stereocenters. The van der Waals surface area contributed by atoms with E-state index in [9.17, 15) is 4.79 Å². The number of benzene rings is 1. The summed E-state index contributed by atoms with van der Waals surface area (Å²) < 4.78 is 1.60. The molecule has 5 heteroatoms. The molecule has 84 valence electrons. The van der Waals surface area contributed by atoms with Crippen LogP contribution in [0.15, 0.2) is 30.3 Å². The van der Waals surface area contributed by atoms with E-state index in [1.807, 2.05) is 30.3 Å². The van der Waals surface area contributed by atoms with Gasteiger partial charge >= 0.3 is 0 Å². The maximum Gasteiger partial charge on any atom is 0.251 e. The molecule has 0 aliphatic carbocycles. The number of hydrogen-bond acceptors (Lipinski definition) is 3. The van der Waals surface area contributed by atoms with Gasteiger partial charge in [-0.2, -0.15) is 4.98 Å². The van der Waals surface area contributed by atoms with Gasteiger partial charge in [0.05, 0.1) is 5.69 Å². The summed E-state index contributed by atoms with van der Waals surface area (Å²) in [5.74, 6) is 1.22. The number of nitrogens with zero attached hydrogens (tertiary/aromatic N) is 3. The summed E-state index contributed by atoms with van der Waals surface area (Å²) in [4.78, 5) is 19.5. The van der Waals surface area contributed by atoms with Crippen LogP contribution in [0.3, 0.4) is 0 Å². The Labute approximate surface area is 97.1 Å². The van der Waals surface area contributed by atoms with Gasteiger partial charge in [0, 0.05) is 5.56 Å². The first-order valence-electron chi connectivity index (χ1n) is 5.25. The van der Waals surface area contributed by atoms with Crippen LogP contribution in [0.5, 0.6) is 0 Å². The average Bonchev–Trinajstić information content (AvgIpc) is 2.86. The first-order chi connectivity index (χ1) is 8.29. The Morgan fingerprint density at radius 2 is 2.00 bits per heavy atom. The van der Waals surface area contributed by atoms with E-state index in [1.165, 1.54) is 0 Å². The van der Waals surface area contributed by atoms with Crippen molar-refractivity contribution in [3.63, 3.8) is 0 Å². The van der Waals surface area contributed by atoms with Gasteiger partial charge in [-0.1, -0.05) is 30.3 Å². The van der Waals surface area contributed by atoms with Gasteiger partial charge in [-0.3, -0.25) is 9.89 Å². The Morgan fingerprint density at radius 1 is 1.24 bits per heavy atom. The lowest BCUT2D eigenvalue weighted by atomic mass is 10.2. The molecule has 2 heterocycles. The molecular weight excluding hydrogens is 216 g/mol. The lowest BCUT2D eigenvalue weighted by Crippen LogP contribution is -1.93. The number of rotatable bonds is 2. The molecule has 3 aromatic rings. The molecule has 0 spiro atoms. The number of fused-ring (bicyclic) bond motifs is 1. The summed E-state index contributed by atoms with van der Waals surface area (Å²) in [5, 5.41) is 3.06. The normalized spacial score (nSPS) is 10.9. The van der Waals surface area contributed by atoms with Gasteiger partial charge in [0.25, 0.3) is 5.78 Å². The van der Waals surface area contributed by atoms with E-state index in [1.54, 1.807) is 11.4 Å². The number of aromatic nitrogens is 4. The van der Waals surface area contributed by atoms with Gasteiger partial charge in [0.15, 0.2) is 12.1 Å². The van der Waals surface area contributed by atoms with Crippen LogP contribution in [0.4, 0.5) is 0 Å². The van der Waals surface area contributed by atoms with Crippen molar-refractivity contribution in [3.05, 3.63) is 41.7 Å². The van der Waals surface area contributed by atoms with Gasteiger partial charge in [0.1, 0.15) is 5.69 Å². The smallest absolute Gasteiger partial charge is 0.251 e. The molecule has 0 atom stereocenters. The first-order valence-corrected chi connectivity index (χ1v) is 5.25. The maximum absolute atomic E-state index is 10.9. The molecule has 0 aliphatic heterocycles. The van der Waals surface area contributed by atoms with Crippen molar-refractivity contribution in [1.29, 1.82) is 0 Å². The molecule has 17 heavy (non-hydrogen) atoms. The second kappa shape index (κ2) is 3.55. The summed E-state index contributed by atoms with van der Waals surface area (Å²) >= 11 is 0. The highest BCUT2D eigenvalue weighted by Crippen LogP contribution is 2.16. The minimum absolute atomic E-state index is 0.509. The summed E-state index contributed by atoms with van der Waals surface area (Å²) in [5.41, 5.74) is 2.15. The van der Waals surface area contributed by atoms with Crippen LogP contribution in [0.2, 0.25) is 0 Å². The van der Waals surface area contributed by atoms with Gasteiger partial charge in [-0.15, -0.1) is 0 Å². The van der Waals surface area contributed by atoms with Crippen LogP contribution in [-0.2, 0) is 0 Å². The lowest BCUT2D eigenvalue weighted by molar-refractivity contribution is 0.111. The van der Waals surface area contributed by atoms with Crippen molar-refractivity contribution in [1.82, 2.24) is 19.6 Å². The monoisotopic (exact) mass is 226 g/mol. The van der Waals surface area contributed by atoms with Crippen molar-refractivity contribution in [2.75, 3.05) is 0 Å². The minimum atomic E-state index is 0.509. The minimum Gasteiger partial charge on any atom is -0.296 e. The standard InChI is InChI=1S/C12H10N4O/c1-8-10(7-17)16-12(13-8)14-11(15-16)9-5-3-2-4-6-9/h2-7H,1H3,(H,13,14,15). The highest BCUT2D eigenvalue weighted by Gasteiger charge is 2.12. The molecule has 1 aromatic carbocycles. The van der Waals surface area contributed by atoms with Crippen molar-refractivity contribution in [2.24, 2.45) is 0 Å². The molecule has 0 fully saturated rings. The summed E-state index contributed by atoms with van der Waals surface area (Å²) in [6.07, 6.45) is 0.780. The van der Waals surface area contributed by atoms with E-state index in [0.717, 1.165) is 11.8 Å². The van der Waals surface area contributed by atoms with Gasteiger partial charge in [-0.05, 0) is 6.92 Å². The van der Waals surface area contributed by atoms with Gasteiger partial charge < -0.3 is 0 Å². The van der Waals surface area contributed by atoms with Crippen LogP contribution in [0.1, 0.15) is 16.2 Å². The van der Waals surface area contributed by atoms with E-state index >= 15 is 0 Å². The van der Waals surface area contributed by atoms with E-state index in [2.05, 4.69) is 15.1 Å². The number of H-pyrrole nitrogens is 1. The summed E-state index contributed by atoms with van der Waals surface area (Å²) in [6.45, 7) is 1.79. The third-order valence-corrected chi connectivity index (χ3v) is 2.67. The van der Waals surface area contributed by atoms with Gasteiger partial charge in [0.2, 0.25) is 0 Å². The van der Waals surface area contributed by atoms with Crippen LogP contribution >= 0.6 is 0 Å². The fraction of sp³-hybridized carbons (Fsp3) is 0.0833. The SMILES string of the molecule is Cc1nc2nc(-c3ccccc3)[nH]n2c1C=O. The van der Waals surface area contributed by atoms with Crippen LogP contribution in [0, 0.1) is 6.92 Å². The van der Waals surface area contributed by atoms with Gasteiger partial charge in [-0.25, -0.2) is 9.50 Å². The topological polar surface area (TPSA) is 63.1 Å². The number of nitrogens with one attached hydrogen (secondary N) is 1. The lowest BCUT2D eigenvalue weighted by Gasteiger charge is -1.94. The number of aldehydes is 1. The van der Waals surface area contributed by atoms with Crippen molar-refractivity contribution < 1.29 is 4.79 Å². The number of hydrogen-bond donors (Lipinski definition) is 1. The molecule has 2 aromatic heterocycles. The number of carbonyl (C=O) groups excluding carboxylic acids is 1. The molecular formula is C12H10N4O. The highest BCUT2D eigenvalue weighted by molar-refractivity contribution is 5.75. The van der Waals surface area contributed by atoms with E-state index in [-0.39, 0.29) is 0 Å². The molecule has 0 bridgehead atoms. The molecule has 0 saturated carbocycles. The fourth-order valence-electron chi connectivity index (χ4n) is 1.81. The predicted octanol–water partition coefficient (Wildman–Crippen LogP) is 1.85. The predicted molar refractivity (Wildman–Crippen MR) is 62.9 cm³/mol. The Bertz CT molecular complexity index is 681. The quantitative estimate of drug-likeness (QED) is 0.678. The Balaban J connectivity index is 2.21. The maximum atomic E-state index is 10.9. The van der Waals surface area contributed by atoms with Crippen LogP contribution in [-0.4, -0.2) is 25.9 Å². The van der Waals surface area contributed by atoms with E-state index < -0.39 is 0 Å². The Kier molecular flexibility index (Phi) is 2.04. The zero-order chi connectivity index (χ0) is 11.8. The van der Waals surface area contributed by atoms with Crippen molar-refractivity contribution in [2.45, 2.75) is 6.92 Å². The number of carbonyl (C=O) groups is 1. The van der Waals surface area contributed by atoms with E-state index in [4.69, 9.17) is 0 Å². The molecule has 3 rings (SSSR count). The second-order valence-corrected chi connectivity index (χ2v) is 3.77. The van der Waals surface area contributed by atoms with E-state index in [0.29, 0.717) is 23.0 Å². The second-order valence-electron chi connectivity index (χ2n) is 3.77. The van der Waals surface area contributed by atoms with Crippen molar-refractivity contribution in [3.8, 4) is 11.4 Å².